The smallest absolute Gasteiger partial charge is 0.337 e. The lowest BCUT2D eigenvalue weighted by atomic mass is 9.83. The number of ether oxygens (including phenoxy) is 1. The van der Waals surface area contributed by atoms with Crippen LogP contribution in [0.3, 0.4) is 0 Å². The largest absolute Gasteiger partial charge is 0.465 e. The first-order valence-corrected chi connectivity index (χ1v) is 8.75. The van der Waals surface area contributed by atoms with E-state index in [2.05, 4.69) is 4.74 Å². The van der Waals surface area contributed by atoms with E-state index in [1.807, 2.05) is 27.7 Å². The molecule has 146 valence electrons. The van der Waals surface area contributed by atoms with Crippen molar-refractivity contribution < 1.29 is 22.7 Å². The molecule has 1 aliphatic carbocycles. The molecule has 0 atom stereocenters. The molecule has 0 N–H and O–H groups in total. The van der Waals surface area contributed by atoms with Gasteiger partial charge < -0.3 is 4.74 Å². The summed E-state index contributed by atoms with van der Waals surface area (Å²) in [7, 11) is 1.34. The van der Waals surface area contributed by atoms with Crippen LogP contribution < -0.4 is 0 Å². The quantitative estimate of drug-likeness (QED) is 0.348. The number of carbonyl (C=O) groups excluding carboxylic acids is 1. The SMILES string of the molecule is C/C=C(\C=C(/C)c1ccc(F)cc1)C(=O)OC.CC.CC1CC(F)(F)C1. The molecule has 0 unspecified atom stereocenters. The summed E-state index contributed by atoms with van der Waals surface area (Å²) in [5.41, 5.74) is 2.23. The summed E-state index contributed by atoms with van der Waals surface area (Å²) in [6, 6.07) is 6.12. The van der Waals surface area contributed by atoms with Crippen LogP contribution in [-0.4, -0.2) is 19.0 Å². The molecular weight excluding hydrogens is 341 g/mol. The Balaban J connectivity index is 0.000000575. The monoisotopic (exact) mass is 370 g/mol. The van der Waals surface area contributed by atoms with Gasteiger partial charge in [0.15, 0.2) is 0 Å². The van der Waals surface area contributed by atoms with Crippen molar-refractivity contribution in [2.75, 3.05) is 7.11 Å². The van der Waals surface area contributed by atoms with E-state index in [4.69, 9.17) is 0 Å². The summed E-state index contributed by atoms with van der Waals surface area (Å²) in [5, 5.41) is 0. The molecule has 26 heavy (non-hydrogen) atoms. The van der Waals surface area contributed by atoms with Crippen LogP contribution in [0, 0.1) is 11.7 Å². The zero-order valence-corrected chi connectivity index (χ0v) is 16.4. The predicted molar refractivity (Wildman–Crippen MR) is 101 cm³/mol. The lowest BCUT2D eigenvalue weighted by molar-refractivity contribution is -0.135. The van der Waals surface area contributed by atoms with Crippen LogP contribution >= 0.6 is 0 Å². The molecule has 1 aliphatic rings. The number of esters is 1. The van der Waals surface area contributed by atoms with E-state index < -0.39 is 5.92 Å². The molecule has 0 aromatic heterocycles. The molecule has 0 amide bonds. The highest BCUT2D eigenvalue weighted by molar-refractivity contribution is 5.93. The molecule has 2 rings (SSSR count). The lowest BCUT2D eigenvalue weighted by Gasteiger charge is -2.31. The standard InChI is InChI=1S/C14H15FO2.C5H8F2.C2H6/c1-4-11(14(16)17-3)9-10(2)12-5-7-13(15)8-6-12;1-4-2-5(6,7)3-4;1-2/h4-9H,1-3H3;4H,2-3H2,1H3;1-2H3/b10-9+,11-4+;;. The molecule has 0 bridgehead atoms. The van der Waals surface area contributed by atoms with Gasteiger partial charge in [-0.05, 0) is 49.1 Å². The highest BCUT2D eigenvalue weighted by atomic mass is 19.3. The highest BCUT2D eigenvalue weighted by Gasteiger charge is 2.42. The van der Waals surface area contributed by atoms with Crippen molar-refractivity contribution in [1.82, 2.24) is 0 Å². The van der Waals surface area contributed by atoms with Gasteiger partial charge in [-0.15, -0.1) is 0 Å². The first-order valence-electron chi connectivity index (χ1n) is 8.75. The van der Waals surface area contributed by atoms with Crippen molar-refractivity contribution in [1.29, 1.82) is 0 Å². The van der Waals surface area contributed by atoms with Crippen molar-refractivity contribution in [3.8, 4) is 0 Å². The molecular formula is C21H29F3O2. The molecule has 1 aromatic carbocycles. The fourth-order valence-corrected chi connectivity index (χ4v) is 2.37. The second kappa shape index (κ2) is 11.6. The molecule has 0 heterocycles. The van der Waals surface area contributed by atoms with E-state index in [0.717, 1.165) is 11.1 Å². The maximum atomic E-state index is 12.8. The van der Waals surface area contributed by atoms with Gasteiger partial charge in [-0.3, -0.25) is 0 Å². The maximum absolute atomic E-state index is 12.8. The van der Waals surface area contributed by atoms with E-state index in [1.54, 1.807) is 31.2 Å². The Kier molecular flexibility index (Phi) is 10.6. The third-order valence-corrected chi connectivity index (χ3v) is 3.70. The Morgan fingerprint density at radius 2 is 1.69 bits per heavy atom. The molecule has 1 saturated carbocycles. The minimum atomic E-state index is -2.31. The van der Waals surface area contributed by atoms with Crippen molar-refractivity contribution in [3.05, 3.63) is 53.4 Å². The van der Waals surface area contributed by atoms with Gasteiger partial charge in [0.2, 0.25) is 5.92 Å². The molecule has 1 aromatic rings. The third kappa shape index (κ3) is 8.37. The van der Waals surface area contributed by atoms with E-state index >= 15 is 0 Å². The predicted octanol–water partition coefficient (Wildman–Crippen LogP) is 6.43. The van der Waals surface area contributed by atoms with Crippen molar-refractivity contribution in [3.63, 3.8) is 0 Å². The summed E-state index contributed by atoms with van der Waals surface area (Å²) in [5.74, 6) is -2.70. The van der Waals surface area contributed by atoms with Crippen LogP contribution in [0.2, 0.25) is 0 Å². The number of hydrogen-bond acceptors (Lipinski definition) is 2. The number of carbonyl (C=O) groups is 1. The molecule has 1 fully saturated rings. The van der Waals surface area contributed by atoms with Crippen LogP contribution in [0.25, 0.3) is 5.57 Å². The Morgan fingerprint density at radius 1 is 1.19 bits per heavy atom. The van der Waals surface area contributed by atoms with Crippen LogP contribution in [0.1, 0.15) is 53.0 Å². The molecule has 5 heteroatoms. The van der Waals surface area contributed by atoms with Crippen molar-refractivity contribution >= 4 is 11.5 Å². The van der Waals surface area contributed by atoms with Crippen LogP contribution in [0.15, 0.2) is 42.0 Å². The van der Waals surface area contributed by atoms with Gasteiger partial charge in [0.05, 0.1) is 12.7 Å². The normalized spacial score (nSPS) is 16.3. The van der Waals surface area contributed by atoms with Crippen LogP contribution in [0.4, 0.5) is 13.2 Å². The molecule has 2 nitrogen and oxygen atoms in total. The number of benzene rings is 1. The van der Waals surface area contributed by atoms with Crippen LogP contribution in [0.5, 0.6) is 0 Å². The first-order chi connectivity index (χ1) is 12.2. The summed E-state index contributed by atoms with van der Waals surface area (Å²) >= 11 is 0. The number of rotatable bonds is 3. The van der Waals surface area contributed by atoms with Gasteiger partial charge in [-0.25, -0.2) is 18.0 Å². The maximum Gasteiger partial charge on any atom is 0.337 e. The highest BCUT2D eigenvalue weighted by Crippen LogP contribution is 2.41. The Hall–Kier alpha value is -2.04. The number of halogens is 3. The Bertz CT molecular complexity index is 609. The average molecular weight is 370 g/mol. The van der Waals surface area contributed by atoms with E-state index in [1.165, 1.54) is 19.2 Å². The Labute approximate surface area is 154 Å². The summed E-state index contributed by atoms with van der Waals surface area (Å²) < 4.78 is 41.0. The number of alkyl halides is 2. The first kappa shape index (κ1) is 24.0. The average Bonchev–Trinajstić information content (AvgIpc) is 2.60. The fraction of sp³-hybridized carbons (Fsp3) is 0.476. The van der Waals surface area contributed by atoms with E-state index in [-0.39, 0.29) is 30.5 Å². The lowest BCUT2D eigenvalue weighted by Crippen LogP contribution is -2.33. The topological polar surface area (TPSA) is 26.3 Å². The molecule has 0 spiro atoms. The van der Waals surface area contributed by atoms with Gasteiger partial charge in [-0.2, -0.15) is 0 Å². The van der Waals surface area contributed by atoms with E-state index in [9.17, 15) is 18.0 Å². The van der Waals surface area contributed by atoms with Crippen molar-refractivity contribution in [2.45, 2.75) is 53.4 Å². The number of hydrogen-bond donors (Lipinski definition) is 0. The second-order valence-electron chi connectivity index (χ2n) is 5.94. The zero-order chi connectivity index (χ0) is 20.3. The number of methoxy groups -OCH3 is 1. The van der Waals surface area contributed by atoms with Gasteiger partial charge in [0.1, 0.15) is 5.82 Å². The second-order valence-corrected chi connectivity index (χ2v) is 5.94. The Morgan fingerprint density at radius 3 is 2.00 bits per heavy atom. The van der Waals surface area contributed by atoms with E-state index in [0.29, 0.717) is 5.57 Å². The van der Waals surface area contributed by atoms with Gasteiger partial charge in [-0.1, -0.05) is 39.0 Å². The van der Waals surface area contributed by atoms with Gasteiger partial charge in [0.25, 0.3) is 0 Å². The molecule has 0 aliphatic heterocycles. The minimum Gasteiger partial charge on any atom is -0.465 e. The van der Waals surface area contributed by atoms with Crippen molar-refractivity contribution in [2.24, 2.45) is 5.92 Å². The summed E-state index contributed by atoms with van der Waals surface area (Å²) in [6.07, 6.45) is 3.61. The van der Waals surface area contributed by atoms with Gasteiger partial charge >= 0.3 is 5.97 Å². The number of allylic oxidation sites excluding steroid dienone is 2. The minimum absolute atomic E-state index is 0.104. The molecule has 0 radical (unpaired) electrons. The summed E-state index contributed by atoms with van der Waals surface area (Å²) in [6.45, 7) is 9.47. The fourth-order valence-electron chi connectivity index (χ4n) is 2.37. The van der Waals surface area contributed by atoms with Crippen LogP contribution in [-0.2, 0) is 9.53 Å². The third-order valence-electron chi connectivity index (χ3n) is 3.70. The van der Waals surface area contributed by atoms with Gasteiger partial charge in [0, 0.05) is 12.8 Å². The summed E-state index contributed by atoms with van der Waals surface area (Å²) in [4.78, 5) is 11.4. The zero-order valence-electron chi connectivity index (χ0n) is 16.4. The molecule has 0 saturated heterocycles.